The number of rotatable bonds is 8. The first kappa shape index (κ1) is 14.2. The molecule has 17 heavy (non-hydrogen) atoms. The van der Waals surface area contributed by atoms with Crippen LogP contribution in [0.2, 0.25) is 0 Å². The quantitative estimate of drug-likeness (QED) is 0.753. The molecule has 3 heteroatoms. The highest BCUT2D eigenvalue weighted by atomic mass is 16.5. The molecule has 0 amide bonds. The third kappa shape index (κ3) is 4.46. The first-order valence-corrected chi connectivity index (χ1v) is 6.25. The van der Waals surface area contributed by atoms with E-state index in [2.05, 4.69) is 17.4 Å². The van der Waals surface area contributed by atoms with E-state index in [0.29, 0.717) is 13.2 Å². The van der Waals surface area contributed by atoms with E-state index in [9.17, 15) is 0 Å². The van der Waals surface area contributed by atoms with Gasteiger partial charge < -0.3 is 14.8 Å². The van der Waals surface area contributed by atoms with Gasteiger partial charge in [0.1, 0.15) is 0 Å². The third-order valence-electron chi connectivity index (χ3n) is 2.71. The molecule has 0 fully saturated rings. The van der Waals surface area contributed by atoms with Crippen LogP contribution in [0.4, 0.5) is 0 Å². The number of nitrogens with one attached hydrogen (secondary N) is 1. The van der Waals surface area contributed by atoms with Gasteiger partial charge in [-0.2, -0.15) is 0 Å². The predicted octanol–water partition coefficient (Wildman–Crippen LogP) is 2.39. The second kappa shape index (κ2) is 8.23. The van der Waals surface area contributed by atoms with Gasteiger partial charge in [0.2, 0.25) is 0 Å². The third-order valence-corrected chi connectivity index (χ3v) is 2.71. The second-order valence-electron chi connectivity index (χ2n) is 3.84. The van der Waals surface area contributed by atoms with E-state index in [0.717, 1.165) is 6.61 Å². The Morgan fingerprint density at radius 2 is 1.82 bits per heavy atom. The summed E-state index contributed by atoms with van der Waals surface area (Å²) in [4.78, 5) is 0. The van der Waals surface area contributed by atoms with Crippen molar-refractivity contribution in [2.75, 3.05) is 26.9 Å². The van der Waals surface area contributed by atoms with Crippen molar-refractivity contribution in [1.82, 2.24) is 5.32 Å². The van der Waals surface area contributed by atoms with Crippen molar-refractivity contribution in [1.29, 1.82) is 0 Å². The molecular formula is C14H23NO2. The Bertz CT molecular complexity index is 290. The summed E-state index contributed by atoms with van der Waals surface area (Å²) in [5.74, 6) is 0. The molecule has 0 saturated carbocycles. The summed E-state index contributed by atoms with van der Waals surface area (Å²) < 4.78 is 11.3. The van der Waals surface area contributed by atoms with Crippen molar-refractivity contribution in [3.63, 3.8) is 0 Å². The number of hydrogen-bond acceptors (Lipinski definition) is 3. The van der Waals surface area contributed by atoms with E-state index in [4.69, 9.17) is 9.47 Å². The fourth-order valence-electron chi connectivity index (χ4n) is 1.83. The molecular weight excluding hydrogens is 214 g/mol. The summed E-state index contributed by atoms with van der Waals surface area (Å²) in [6.45, 7) is 6.11. The van der Waals surface area contributed by atoms with Crippen LogP contribution in [0.25, 0.3) is 0 Å². The smallest absolute Gasteiger partial charge is 0.1000 e. The zero-order valence-electron chi connectivity index (χ0n) is 11.0. The Hall–Kier alpha value is -0.900. The van der Waals surface area contributed by atoms with Crippen LogP contribution in [-0.2, 0) is 9.47 Å². The minimum absolute atomic E-state index is 0.0396. The van der Waals surface area contributed by atoms with Gasteiger partial charge in [-0.05, 0) is 26.5 Å². The average molecular weight is 237 g/mol. The highest BCUT2D eigenvalue weighted by molar-refractivity contribution is 5.19. The number of hydrogen-bond donors (Lipinski definition) is 1. The summed E-state index contributed by atoms with van der Waals surface area (Å²) in [5, 5.41) is 3.27. The van der Waals surface area contributed by atoms with E-state index in [1.165, 1.54) is 5.56 Å². The summed E-state index contributed by atoms with van der Waals surface area (Å²) in [7, 11) is 1.94. The van der Waals surface area contributed by atoms with Crippen LogP contribution in [-0.4, -0.2) is 32.9 Å². The van der Waals surface area contributed by atoms with E-state index in [-0.39, 0.29) is 12.1 Å². The van der Waals surface area contributed by atoms with Crippen LogP contribution in [0.15, 0.2) is 30.3 Å². The van der Waals surface area contributed by atoms with Gasteiger partial charge in [-0.1, -0.05) is 30.3 Å². The molecule has 0 aliphatic heterocycles. The molecule has 3 nitrogen and oxygen atoms in total. The van der Waals surface area contributed by atoms with Crippen LogP contribution >= 0.6 is 0 Å². The van der Waals surface area contributed by atoms with Crippen LogP contribution in [0.5, 0.6) is 0 Å². The van der Waals surface area contributed by atoms with E-state index in [1.54, 1.807) is 0 Å². The standard InChI is InChI=1S/C14H23NO2/c1-4-16-11-13(15-3)14(17-5-2)12-9-7-6-8-10-12/h6-10,13-15H,4-5,11H2,1-3H3. The maximum absolute atomic E-state index is 5.84. The molecule has 0 bridgehead atoms. The molecule has 0 aliphatic carbocycles. The highest BCUT2D eigenvalue weighted by Gasteiger charge is 2.22. The SMILES string of the molecule is CCOCC(NC)C(OCC)c1ccccc1. The molecule has 0 aromatic heterocycles. The van der Waals surface area contributed by atoms with Crippen molar-refractivity contribution in [3.05, 3.63) is 35.9 Å². The van der Waals surface area contributed by atoms with Crippen LogP contribution < -0.4 is 5.32 Å². The molecule has 2 atom stereocenters. The number of ether oxygens (including phenoxy) is 2. The second-order valence-corrected chi connectivity index (χ2v) is 3.84. The molecule has 0 radical (unpaired) electrons. The minimum Gasteiger partial charge on any atom is -0.380 e. The van der Waals surface area contributed by atoms with Crippen molar-refractivity contribution >= 4 is 0 Å². The van der Waals surface area contributed by atoms with Gasteiger partial charge in [0.05, 0.1) is 18.8 Å². The first-order chi connectivity index (χ1) is 8.33. The molecule has 0 heterocycles. The summed E-state index contributed by atoms with van der Waals surface area (Å²) in [5.41, 5.74) is 1.19. The Labute approximate surface area is 104 Å². The number of likely N-dealkylation sites (N-methyl/N-ethyl adjacent to an activating group) is 1. The van der Waals surface area contributed by atoms with E-state index >= 15 is 0 Å². The lowest BCUT2D eigenvalue weighted by Crippen LogP contribution is -2.37. The topological polar surface area (TPSA) is 30.5 Å². The molecule has 1 aromatic rings. The summed E-state index contributed by atoms with van der Waals surface area (Å²) in [6, 6.07) is 10.5. The number of benzene rings is 1. The molecule has 0 spiro atoms. The lowest BCUT2D eigenvalue weighted by atomic mass is 10.0. The summed E-state index contributed by atoms with van der Waals surface area (Å²) in [6.07, 6.45) is 0.0396. The largest absolute Gasteiger partial charge is 0.380 e. The Balaban J connectivity index is 2.75. The monoisotopic (exact) mass is 237 g/mol. The van der Waals surface area contributed by atoms with Gasteiger partial charge in [-0.25, -0.2) is 0 Å². The molecule has 0 aliphatic rings. The van der Waals surface area contributed by atoms with Crippen molar-refractivity contribution in [3.8, 4) is 0 Å². The minimum atomic E-state index is 0.0396. The van der Waals surface area contributed by atoms with Crippen molar-refractivity contribution < 1.29 is 9.47 Å². The van der Waals surface area contributed by atoms with Crippen LogP contribution in [0.1, 0.15) is 25.5 Å². The van der Waals surface area contributed by atoms with Gasteiger partial charge in [0.25, 0.3) is 0 Å². The normalized spacial score (nSPS) is 14.5. The molecule has 1 aromatic carbocycles. The van der Waals surface area contributed by atoms with Gasteiger partial charge in [0.15, 0.2) is 0 Å². The molecule has 1 rings (SSSR count). The zero-order chi connectivity index (χ0) is 12.5. The lowest BCUT2D eigenvalue weighted by molar-refractivity contribution is 0.00317. The molecule has 2 unspecified atom stereocenters. The van der Waals surface area contributed by atoms with Gasteiger partial charge in [0, 0.05) is 13.2 Å². The maximum atomic E-state index is 5.84. The Morgan fingerprint density at radius 1 is 1.12 bits per heavy atom. The van der Waals surface area contributed by atoms with E-state index < -0.39 is 0 Å². The average Bonchev–Trinajstić information content (AvgIpc) is 2.39. The van der Waals surface area contributed by atoms with Crippen molar-refractivity contribution in [2.24, 2.45) is 0 Å². The zero-order valence-corrected chi connectivity index (χ0v) is 11.0. The summed E-state index contributed by atoms with van der Waals surface area (Å²) >= 11 is 0. The van der Waals surface area contributed by atoms with Gasteiger partial charge >= 0.3 is 0 Å². The predicted molar refractivity (Wildman–Crippen MR) is 70.1 cm³/mol. The van der Waals surface area contributed by atoms with Gasteiger partial charge in [-0.15, -0.1) is 0 Å². The first-order valence-electron chi connectivity index (χ1n) is 6.25. The Morgan fingerprint density at radius 3 is 2.35 bits per heavy atom. The molecule has 96 valence electrons. The van der Waals surface area contributed by atoms with Crippen LogP contribution in [0.3, 0.4) is 0 Å². The highest BCUT2D eigenvalue weighted by Crippen LogP contribution is 2.21. The van der Waals surface area contributed by atoms with Crippen molar-refractivity contribution in [2.45, 2.75) is 26.0 Å². The molecule has 0 saturated heterocycles. The maximum Gasteiger partial charge on any atom is 0.1000 e. The Kier molecular flexibility index (Phi) is 6.86. The van der Waals surface area contributed by atoms with E-state index in [1.807, 2.05) is 39.1 Å². The fourth-order valence-corrected chi connectivity index (χ4v) is 1.83. The van der Waals surface area contributed by atoms with Crippen LogP contribution in [0, 0.1) is 0 Å². The lowest BCUT2D eigenvalue weighted by Gasteiger charge is -2.27. The fraction of sp³-hybridized carbons (Fsp3) is 0.571. The molecule has 1 N–H and O–H groups in total. The van der Waals surface area contributed by atoms with Gasteiger partial charge in [-0.3, -0.25) is 0 Å².